The molecule has 0 aromatic heterocycles. The second kappa shape index (κ2) is 5.25. The lowest BCUT2D eigenvalue weighted by atomic mass is 9.74. The first-order valence-electron chi connectivity index (χ1n) is 7.10. The molecule has 0 spiro atoms. The molecule has 1 aromatic carbocycles. The SMILES string of the molecule is NCC1CC(C(=O)Nc2cccc3c2CCNC3=O)C1. The van der Waals surface area contributed by atoms with Gasteiger partial charge in [0.25, 0.3) is 5.91 Å². The van der Waals surface area contributed by atoms with Crippen molar-refractivity contribution in [3.05, 3.63) is 29.3 Å². The molecule has 1 aromatic rings. The van der Waals surface area contributed by atoms with E-state index in [2.05, 4.69) is 10.6 Å². The molecule has 1 aliphatic carbocycles. The van der Waals surface area contributed by atoms with Crippen molar-refractivity contribution in [3.63, 3.8) is 0 Å². The first-order valence-corrected chi connectivity index (χ1v) is 7.10. The van der Waals surface area contributed by atoms with Crippen LogP contribution in [0.1, 0.15) is 28.8 Å². The van der Waals surface area contributed by atoms with Gasteiger partial charge < -0.3 is 16.4 Å². The molecule has 20 heavy (non-hydrogen) atoms. The maximum absolute atomic E-state index is 12.2. The fraction of sp³-hybridized carbons (Fsp3) is 0.467. The molecule has 0 radical (unpaired) electrons. The van der Waals surface area contributed by atoms with Gasteiger partial charge in [-0.15, -0.1) is 0 Å². The Bertz CT molecular complexity index is 550. The lowest BCUT2D eigenvalue weighted by Gasteiger charge is -2.33. The summed E-state index contributed by atoms with van der Waals surface area (Å²) < 4.78 is 0. The standard InChI is InChI=1S/C15H19N3O2/c16-8-9-6-10(7-9)14(19)18-13-3-1-2-12-11(13)4-5-17-15(12)20/h1-3,9-10H,4-8,16H2,(H,17,20)(H,18,19). The summed E-state index contributed by atoms with van der Waals surface area (Å²) in [6.07, 6.45) is 2.50. The molecular formula is C15H19N3O2. The minimum absolute atomic E-state index is 0.0501. The lowest BCUT2D eigenvalue weighted by molar-refractivity contribution is -0.123. The number of carbonyl (C=O) groups excluding carboxylic acids is 2. The topological polar surface area (TPSA) is 84.2 Å². The van der Waals surface area contributed by atoms with Crippen molar-refractivity contribution >= 4 is 17.5 Å². The molecule has 1 heterocycles. The molecule has 5 heteroatoms. The Hall–Kier alpha value is -1.88. The van der Waals surface area contributed by atoms with E-state index in [1.54, 1.807) is 6.07 Å². The largest absolute Gasteiger partial charge is 0.352 e. The Labute approximate surface area is 117 Å². The van der Waals surface area contributed by atoms with Crippen LogP contribution in [-0.2, 0) is 11.2 Å². The van der Waals surface area contributed by atoms with Crippen molar-refractivity contribution in [1.82, 2.24) is 5.32 Å². The van der Waals surface area contributed by atoms with Gasteiger partial charge in [-0.05, 0) is 49.4 Å². The molecule has 3 rings (SSSR count). The predicted molar refractivity (Wildman–Crippen MR) is 76.4 cm³/mol. The molecule has 106 valence electrons. The van der Waals surface area contributed by atoms with Crippen molar-refractivity contribution in [1.29, 1.82) is 0 Å². The summed E-state index contributed by atoms with van der Waals surface area (Å²) >= 11 is 0. The van der Waals surface area contributed by atoms with Gasteiger partial charge in [0, 0.05) is 23.7 Å². The van der Waals surface area contributed by atoms with Gasteiger partial charge in [0.2, 0.25) is 5.91 Å². The monoisotopic (exact) mass is 273 g/mol. The molecule has 1 aliphatic heterocycles. The number of carbonyl (C=O) groups is 2. The van der Waals surface area contributed by atoms with E-state index in [9.17, 15) is 9.59 Å². The summed E-state index contributed by atoms with van der Waals surface area (Å²) in [5, 5.41) is 5.79. The first-order chi connectivity index (χ1) is 9.69. The third kappa shape index (κ3) is 2.29. The van der Waals surface area contributed by atoms with Crippen LogP contribution in [-0.4, -0.2) is 24.9 Å². The molecule has 2 aliphatic rings. The highest BCUT2D eigenvalue weighted by Gasteiger charge is 2.33. The van der Waals surface area contributed by atoms with Crippen molar-refractivity contribution in [3.8, 4) is 0 Å². The Kier molecular flexibility index (Phi) is 3.44. The first kappa shape index (κ1) is 13.1. The van der Waals surface area contributed by atoms with Crippen molar-refractivity contribution in [2.24, 2.45) is 17.6 Å². The van der Waals surface area contributed by atoms with Gasteiger partial charge in [-0.25, -0.2) is 0 Å². The van der Waals surface area contributed by atoms with Crippen molar-refractivity contribution in [2.75, 3.05) is 18.4 Å². The Morgan fingerprint density at radius 1 is 1.40 bits per heavy atom. The van der Waals surface area contributed by atoms with Crippen LogP contribution in [0.2, 0.25) is 0 Å². The van der Waals surface area contributed by atoms with Crippen LogP contribution in [0.3, 0.4) is 0 Å². The van der Waals surface area contributed by atoms with E-state index in [4.69, 9.17) is 5.73 Å². The summed E-state index contributed by atoms with van der Waals surface area (Å²) in [5.74, 6) is 0.543. The summed E-state index contributed by atoms with van der Waals surface area (Å²) in [5.41, 5.74) is 7.97. The zero-order chi connectivity index (χ0) is 14.1. The number of hydrogen-bond donors (Lipinski definition) is 3. The van der Waals surface area contributed by atoms with Gasteiger partial charge in [0.05, 0.1) is 0 Å². The van der Waals surface area contributed by atoms with Crippen LogP contribution in [0.4, 0.5) is 5.69 Å². The summed E-state index contributed by atoms with van der Waals surface area (Å²) in [6.45, 7) is 1.28. The number of amides is 2. The number of hydrogen-bond acceptors (Lipinski definition) is 3. The molecule has 4 N–H and O–H groups in total. The van der Waals surface area contributed by atoms with Crippen LogP contribution in [0, 0.1) is 11.8 Å². The zero-order valence-electron chi connectivity index (χ0n) is 11.3. The van der Waals surface area contributed by atoms with Gasteiger partial charge in [-0.2, -0.15) is 0 Å². The lowest BCUT2D eigenvalue weighted by Crippen LogP contribution is -2.38. The zero-order valence-corrected chi connectivity index (χ0v) is 11.3. The normalized spacial score (nSPS) is 24.4. The molecule has 2 amide bonds. The van der Waals surface area contributed by atoms with E-state index >= 15 is 0 Å². The number of nitrogens with two attached hydrogens (primary N) is 1. The van der Waals surface area contributed by atoms with Crippen LogP contribution in [0.15, 0.2) is 18.2 Å². The third-order valence-corrected chi connectivity index (χ3v) is 4.28. The number of nitrogens with one attached hydrogen (secondary N) is 2. The average Bonchev–Trinajstić information content (AvgIpc) is 2.39. The highest BCUT2D eigenvalue weighted by molar-refractivity contribution is 6.00. The van der Waals surface area contributed by atoms with E-state index in [1.165, 1.54) is 0 Å². The quantitative estimate of drug-likeness (QED) is 0.765. The minimum atomic E-state index is -0.0609. The van der Waals surface area contributed by atoms with Crippen LogP contribution in [0.5, 0.6) is 0 Å². The van der Waals surface area contributed by atoms with Crippen LogP contribution < -0.4 is 16.4 Å². The van der Waals surface area contributed by atoms with Gasteiger partial charge in [-0.1, -0.05) is 6.07 Å². The Morgan fingerprint density at radius 3 is 2.95 bits per heavy atom. The number of anilines is 1. The maximum atomic E-state index is 12.2. The van der Waals surface area contributed by atoms with Crippen LogP contribution in [0.25, 0.3) is 0 Å². The van der Waals surface area contributed by atoms with E-state index in [1.807, 2.05) is 12.1 Å². The van der Waals surface area contributed by atoms with E-state index in [-0.39, 0.29) is 17.7 Å². The maximum Gasteiger partial charge on any atom is 0.251 e. The molecule has 0 atom stereocenters. The van der Waals surface area contributed by atoms with Gasteiger partial charge >= 0.3 is 0 Å². The molecule has 0 bridgehead atoms. The Morgan fingerprint density at radius 2 is 2.20 bits per heavy atom. The molecule has 0 saturated heterocycles. The van der Waals surface area contributed by atoms with E-state index in [0.29, 0.717) is 24.6 Å². The third-order valence-electron chi connectivity index (χ3n) is 4.28. The minimum Gasteiger partial charge on any atom is -0.352 e. The number of rotatable bonds is 3. The van der Waals surface area contributed by atoms with Crippen molar-refractivity contribution < 1.29 is 9.59 Å². The Balaban J connectivity index is 1.73. The molecular weight excluding hydrogens is 254 g/mol. The van der Waals surface area contributed by atoms with Gasteiger partial charge in [0.1, 0.15) is 0 Å². The number of fused-ring (bicyclic) bond motifs is 1. The molecule has 1 fully saturated rings. The fourth-order valence-electron chi connectivity index (χ4n) is 2.96. The van der Waals surface area contributed by atoms with Gasteiger partial charge in [0.15, 0.2) is 0 Å². The molecule has 1 saturated carbocycles. The second-order valence-corrected chi connectivity index (χ2v) is 5.60. The highest BCUT2D eigenvalue weighted by atomic mass is 16.2. The summed E-state index contributed by atoms with van der Waals surface area (Å²) in [6, 6.07) is 5.48. The molecule has 5 nitrogen and oxygen atoms in total. The average molecular weight is 273 g/mol. The number of benzene rings is 1. The van der Waals surface area contributed by atoms with E-state index in [0.717, 1.165) is 30.5 Å². The fourth-order valence-corrected chi connectivity index (χ4v) is 2.96. The predicted octanol–water partition coefficient (Wildman–Crippen LogP) is 0.896. The molecule has 0 unspecified atom stereocenters. The van der Waals surface area contributed by atoms with Crippen molar-refractivity contribution in [2.45, 2.75) is 19.3 Å². The van der Waals surface area contributed by atoms with Crippen LogP contribution >= 0.6 is 0 Å². The van der Waals surface area contributed by atoms with Gasteiger partial charge in [-0.3, -0.25) is 9.59 Å². The summed E-state index contributed by atoms with van der Waals surface area (Å²) in [4.78, 5) is 23.9. The van der Waals surface area contributed by atoms with E-state index < -0.39 is 0 Å². The second-order valence-electron chi connectivity index (χ2n) is 5.60. The highest BCUT2D eigenvalue weighted by Crippen LogP contribution is 2.34. The smallest absolute Gasteiger partial charge is 0.251 e. The summed E-state index contributed by atoms with van der Waals surface area (Å²) in [7, 11) is 0.